The molecule has 1 spiro atoms. The van der Waals surface area contributed by atoms with Crippen molar-refractivity contribution in [2.24, 2.45) is 40.4 Å². The molecule has 0 amide bonds. The van der Waals surface area contributed by atoms with Crippen molar-refractivity contribution in [1.29, 1.82) is 0 Å². The van der Waals surface area contributed by atoms with E-state index in [0.717, 1.165) is 38.5 Å². The highest BCUT2D eigenvalue weighted by atomic mass is 16.8. The van der Waals surface area contributed by atoms with Gasteiger partial charge in [-0.25, -0.2) is 0 Å². The number of aliphatic hydroxyl groups is 9. The van der Waals surface area contributed by atoms with Crippen LogP contribution in [0, 0.1) is 40.4 Å². The van der Waals surface area contributed by atoms with Crippen LogP contribution in [0.15, 0.2) is 11.6 Å². The van der Waals surface area contributed by atoms with E-state index in [0.29, 0.717) is 49.5 Å². The smallest absolute Gasteiger partial charge is 0.197 e. The molecule has 0 radical (unpaired) electrons. The minimum atomic E-state index is -1.72. The van der Waals surface area contributed by atoms with E-state index in [1.165, 1.54) is 19.4 Å². The van der Waals surface area contributed by atoms with Gasteiger partial charge in [-0.05, 0) is 107 Å². The molecule has 0 aromatic carbocycles. The Balaban J connectivity index is 0.922. The van der Waals surface area contributed by atoms with Crippen molar-refractivity contribution in [2.75, 3.05) is 13.2 Å². The average Bonchev–Trinajstić information content (AvgIpc) is 3.66. The number of hydrogen-bond donors (Lipinski definition) is 9. The van der Waals surface area contributed by atoms with E-state index in [1.807, 2.05) is 6.92 Å². The molecule has 0 unspecified atom stereocenters. The Morgan fingerprint density at radius 3 is 1.95 bits per heavy atom. The highest BCUT2D eigenvalue weighted by Crippen LogP contribution is 2.71. The van der Waals surface area contributed by atoms with Gasteiger partial charge < -0.3 is 83.9 Å². The van der Waals surface area contributed by atoms with Gasteiger partial charge in [0.1, 0.15) is 66.6 Å². The Morgan fingerprint density at radius 2 is 1.34 bits per heavy atom. The van der Waals surface area contributed by atoms with Gasteiger partial charge in [0.05, 0.1) is 37.6 Å². The molecule has 3 saturated carbocycles. The summed E-state index contributed by atoms with van der Waals surface area (Å²) in [6.45, 7) is 11.8. The first-order chi connectivity index (χ1) is 29.2. The molecule has 9 rings (SSSR count). The zero-order chi connectivity index (χ0) is 44.4. The highest BCUT2D eigenvalue weighted by molar-refractivity contribution is 5.27. The van der Waals surface area contributed by atoms with E-state index in [-0.39, 0.29) is 22.9 Å². The number of allylic oxidation sites excluding steroid dienone is 1. The standard InChI is InChI=1S/C45H72O17/c1-19-9-14-45(55-18-19)44(6,54)38-27(62-45)16-26-24-8-7-22-15-23(10-12-42(22,4)25(24)11-13-43(26,38)5)58-41-37(61-40-34(52)32(50)30(48)21(3)57-40)35(53)36(28(17-46)59-41)60-39-33(51)31(49)29(47)20(2)56-39/h7,19-21,23-41,46-54H,8-18H2,1-6H3/t19-,20+,21+,23+,24-,25+,26+,27+,28-,29+,30+,31-,32-,33-,34-,35+,36-,37-,38+,39+,40+,41-,42+,43+,44+,45-/m1/s1. The fourth-order valence-electron chi connectivity index (χ4n) is 14.0. The van der Waals surface area contributed by atoms with Crippen LogP contribution in [0.1, 0.15) is 99.3 Å². The molecule has 17 nitrogen and oxygen atoms in total. The van der Waals surface area contributed by atoms with Gasteiger partial charge in [-0.1, -0.05) is 32.4 Å². The molecule has 0 aromatic heterocycles. The van der Waals surface area contributed by atoms with Crippen LogP contribution in [0.5, 0.6) is 0 Å². The highest BCUT2D eigenvalue weighted by Gasteiger charge is 2.74. The van der Waals surface area contributed by atoms with Gasteiger partial charge in [-0.3, -0.25) is 0 Å². The predicted octanol–water partition coefficient (Wildman–Crippen LogP) is 0.357. The number of fused-ring (bicyclic) bond motifs is 7. The molecule has 26 atom stereocenters. The van der Waals surface area contributed by atoms with E-state index >= 15 is 0 Å². The lowest BCUT2D eigenvalue weighted by Crippen LogP contribution is -2.66. The second-order valence-electron chi connectivity index (χ2n) is 21.3. The molecule has 62 heavy (non-hydrogen) atoms. The second kappa shape index (κ2) is 16.7. The topological polar surface area (TPSA) is 256 Å². The van der Waals surface area contributed by atoms with E-state index in [1.54, 1.807) is 0 Å². The van der Waals surface area contributed by atoms with Crippen molar-refractivity contribution >= 4 is 0 Å². The summed E-state index contributed by atoms with van der Waals surface area (Å²) in [5, 5.41) is 98.2. The van der Waals surface area contributed by atoms with Crippen LogP contribution in [0.2, 0.25) is 0 Å². The summed E-state index contributed by atoms with van der Waals surface area (Å²) in [5.74, 6) is 0.747. The van der Waals surface area contributed by atoms with Crippen molar-refractivity contribution in [3.63, 3.8) is 0 Å². The Labute approximate surface area is 363 Å². The summed E-state index contributed by atoms with van der Waals surface area (Å²) in [5.41, 5.74) is 0.0336. The maximum atomic E-state index is 12.4. The molecule has 5 saturated heterocycles. The first-order valence-corrected chi connectivity index (χ1v) is 23.3. The molecule has 5 heterocycles. The van der Waals surface area contributed by atoms with Crippen LogP contribution in [0.25, 0.3) is 0 Å². The van der Waals surface area contributed by atoms with Gasteiger partial charge in [0, 0.05) is 12.3 Å². The second-order valence-corrected chi connectivity index (χ2v) is 21.3. The van der Waals surface area contributed by atoms with Gasteiger partial charge in [0.25, 0.3) is 0 Å². The first kappa shape index (κ1) is 46.2. The van der Waals surface area contributed by atoms with Crippen LogP contribution in [-0.4, -0.2) is 175 Å². The Morgan fingerprint density at radius 1 is 0.694 bits per heavy atom. The molecule has 0 aromatic rings. The van der Waals surface area contributed by atoms with E-state index in [4.69, 9.17) is 37.9 Å². The lowest BCUT2D eigenvalue weighted by molar-refractivity contribution is -0.388. The molecule has 0 bridgehead atoms. The summed E-state index contributed by atoms with van der Waals surface area (Å²) in [7, 11) is 0. The molecular weight excluding hydrogens is 812 g/mol. The van der Waals surface area contributed by atoms with Crippen molar-refractivity contribution in [3.8, 4) is 0 Å². The SMILES string of the molecule is C[C@@H]1CC[C@@]2(OC1)O[C@H]1C[C@H]3[C@@H]4CC=C5C[C@@H](O[C@@H]6O[C@H](CO)[C@@H](O[C@@H]7O[C@@H](C)[C@H](O)[C@@H](O)[C@H]7O)[C@H](O)[C@H]6O[C@@H]6O[C@@H](C)[C@H](O)[C@@H](O)[C@H]6O)CC[C@]5(C)[C@H]4CC[C@]3(C)[C@H]1[C@]2(C)O. The molecule has 9 aliphatic rings. The van der Waals surface area contributed by atoms with Crippen LogP contribution >= 0.6 is 0 Å². The van der Waals surface area contributed by atoms with Gasteiger partial charge in [-0.2, -0.15) is 0 Å². The van der Waals surface area contributed by atoms with Crippen molar-refractivity contribution in [3.05, 3.63) is 11.6 Å². The van der Waals surface area contributed by atoms with Gasteiger partial charge >= 0.3 is 0 Å². The summed E-state index contributed by atoms with van der Waals surface area (Å²) in [6.07, 6.45) is -12.1. The van der Waals surface area contributed by atoms with E-state index in [9.17, 15) is 46.0 Å². The predicted molar refractivity (Wildman–Crippen MR) is 214 cm³/mol. The summed E-state index contributed by atoms with van der Waals surface area (Å²) < 4.78 is 49.8. The van der Waals surface area contributed by atoms with E-state index < -0.39 is 116 Å². The molecule has 354 valence electrons. The van der Waals surface area contributed by atoms with Gasteiger partial charge in [0.15, 0.2) is 24.7 Å². The van der Waals surface area contributed by atoms with Crippen LogP contribution in [0.3, 0.4) is 0 Å². The summed E-state index contributed by atoms with van der Waals surface area (Å²) >= 11 is 0. The Bertz CT molecular complexity index is 1640. The third-order valence-corrected chi connectivity index (χ3v) is 17.7. The number of hydrogen-bond acceptors (Lipinski definition) is 17. The number of rotatable bonds is 7. The normalized spacial score (nSPS) is 58.9. The lowest BCUT2D eigenvalue weighted by atomic mass is 9.46. The minimum absolute atomic E-state index is 0.00888. The molecule has 8 fully saturated rings. The molecular formula is C45H72O17. The van der Waals surface area contributed by atoms with Crippen molar-refractivity contribution in [2.45, 2.75) is 215 Å². The van der Waals surface area contributed by atoms with Gasteiger partial charge in [0.2, 0.25) is 0 Å². The Kier molecular flexibility index (Phi) is 12.4. The maximum absolute atomic E-state index is 12.4. The number of aliphatic hydroxyl groups excluding tert-OH is 8. The van der Waals surface area contributed by atoms with E-state index in [2.05, 4.69) is 26.8 Å². The molecule has 4 aliphatic carbocycles. The molecule has 5 aliphatic heterocycles. The molecule has 17 heteroatoms. The lowest BCUT2D eigenvalue weighted by Gasteiger charge is -2.59. The zero-order valence-electron chi connectivity index (χ0n) is 36.8. The first-order valence-electron chi connectivity index (χ1n) is 23.3. The number of ether oxygens (including phenoxy) is 8. The quantitative estimate of drug-likeness (QED) is 0.157. The monoisotopic (exact) mass is 884 g/mol. The fourth-order valence-corrected chi connectivity index (χ4v) is 14.0. The minimum Gasteiger partial charge on any atom is -0.394 e. The third-order valence-electron chi connectivity index (χ3n) is 17.7. The molecule has 9 N–H and O–H groups in total. The fraction of sp³-hybridized carbons (Fsp3) is 0.956. The van der Waals surface area contributed by atoms with Crippen molar-refractivity contribution < 1.29 is 83.9 Å². The Hall–Kier alpha value is -0.940. The third kappa shape index (κ3) is 7.22. The van der Waals surface area contributed by atoms with Crippen LogP contribution < -0.4 is 0 Å². The van der Waals surface area contributed by atoms with Crippen LogP contribution in [-0.2, 0) is 37.9 Å². The summed E-state index contributed by atoms with van der Waals surface area (Å²) in [4.78, 5) is 0. The van der Waals surface area contributed by atoms with Gasteiger partial charge in [-0.15, -0.1) is 0 Å². The zero-order valence-corrected chi connectivity index (χ0v) is 36.8. The largest absolute Gasteiger partial charge is 0.394 e. The van der Waals surface area contributed by atoms with Crippen molar-refractivity contribution in [1.82, 2.24) is 0 Å². The average molecular weight is 885 g/mol. The summed E-state index contributed by atoms with van der Waals surface area (Å²) in [6, 6.07) is 0. The maximum Gasteiger partial charge on any atom is 0.197 e. The van der Waals surface area contributed by atoms with Crippen LogP contribution in [0.4, 0.5) is 0 Å².